The molecule has 18 heteroatoms. The first-order valence-corrected chi connectivity index (χ1v) is 12.3. The minimum absolute atomic E-state index is 0.0835. The molecule has 0 radical (unpaired) electrons. The SMILES string of the molecule is COC(=O)[C@H](CCCCNC(=O)OC(C)(C)C)NC(=O)[C@@H](NC(=O)CNC(=O)OC(C(F)(F)F)C(F)(F)F)C(C)C. The molecule has 2 atom stereocenters. The monoisotopic (exact) mass is 610 g/mol. The van der Waals surface area contributed by atoms with Crippen LogP contribution in [0, 0.1) is 5.92 Å². The van der Waals surface area contributed by atoms with Crippen LogP contribution in [0.1, 0.15) is 53.9 Å². The maximum Gasteiger partial charge on any atom is 0.434 e. The van der Waals surface area contributed by atoms with E-state index in [9.17, 15) is 50.3 Å². The average molecular weight is 611 g/mol. The van der Waals surface area contributed by atoms with Crippen molar-refractivity contribution in [3.05, 3.63) is 0 Å². The second-order valence-corrected chi connectivity index (χ2v) is 10.0. The summed E-state index contributed by atoms with van der Waals surface area (Å²) in [6, 6.07) is -2.47. The number of rotatable bonds is 13. The van der Waals surface area contributed by atoms with Crippen molar-refractivity contribution in [3.63, 3.8) is 0 Å². The maximum atomic E-state index is 12.8. The molecule has 0 unspecified atom stereocenters. The van der Waals surface area contributed by atoms with Crippen molar-refractivity contribution in [1.29, 1.82) is 0 Å². The molecule has 0 aromatic rings. The molecule has 0 aliphatic rings. The van der Waals surface area contributed by atoms with Gasteiger partial charge >= 0.3 is 30.5 Å². The minimum Gasteiger partial charge on any atom is -0.467 e. The second kappa shape index (κ2) is 16.1. The van der Waals surface area contributed by atoms with Gasteiger partial charge in [0.1, 0.15) is 24.2 Å². The summed E-state index contributed by atoms with van der Waals surface area (Å²) in [4.78, 5) is 60.2. The molecule has 0 rings (SSSR count). The molecule has 0 aliphatic heterocycles. The molecular weight excluding hydrogens is 574 g/mol. The van der Waals surface area contributed by atoms with Crippen LogP contribution in [0.3, 0.4) is 0 Å². The maximum absolute atomic E-state index is 12.8. The Balaban J connectivity index is 4.99. The summed E-state index contributed by atoms with van der Waals surface area (Å²) in [7, 11) is 1.08. The van der Waals surface area contributed by atoms with Crippen LogP contribution in [0.4, 0.5) is 35.9 Å². The first-order chi connectivity index (χ1) is 18.6. The average Bonchev–Trinajstić information content (AvgIpc) is 2.80. The Kier molecular flexibility index (Phi) is 14.7. The zero-order valence-electron chi connectivity index (χ0n) is 23.4. The molecule has 41 heavy (non-hydrogen) atoms. The highest BCUT2D eigenvalue weighted by atomic mass is 19.4. The predicted octanol–water partition coefficient (Wildman–Crippen LogP) is 2.70. The summed E-state index contributed by atoms with van der Waals surface area (Å²) in [5, 5.41) is 8.57. The molecule has 0 bridgehead atoms. The van der Waals surface area contributed by atoms with Gasteiger partial charge < -0.3 is 35.5 Å². The quantitative estimate of drug-likeness (QED) is 0.107. The van der Waals surface area contributed by atoms with E-state index in [-0.39, 0.29) is 13.0 Å². The van der Waals surface area contributed by atoms with Gasteiger partial charge in [-0.25, -0.2) is 14.4 Å². The number of methoxy groups -OCH3 is 1. The Hall–Kier alpha value is -3.47. The van der Waals surface area contributed by atoms with Crippen LogP contribution in [-0.2, 0) is 28.6 Å². The van der Waals surface area contributed by atoms with Crippen LogP contribution < -0.4 is 21.3 Å². The molecule has 0 fully saturated rings. The number of halogens is 6. The van der Waals surface area contributed by atoms with Crippen LogP contribution in [0.2, 0.25) is 0 Å². The molecule has 238 valence electrons. The van der Waals surface area contributed by atoms with Gasteiger partial charge in [0.15, 0.2) is 0 Å². The van der Waals surface area contributed by atoms with E-state index in [1.165, 1.54) is 19.2 Å². The van der Waals surface area contributed by atoms with Gasteiger partial charge in [-0.2, -0.15) is 26.3 Å². The highest BCUT2D eigenvalue weighted by molar-refractivity contribution is 5.92. The minimum atomic E-state index is -5.94. The highest BCUT2D eigenvalue weighted by Crippen LogP contribution is 2.35. The smallest absolute Gasteiger partial charge is 0.434 e. The fourth-order valence-corrected chi connectivity index (χ4v) is 3.01. The van der Waals surface area contributed by atoms with E-state index in [2.05, 4.69) is 25.4 Å². The first kappa shape index (κ1) is 37.5. The Bertz CT molecular complexity index is 892. The van der Waals surface area contributed by atoms with Crippen molar-refractivity contribution in [3.8, 4) is 0 Å². The number of carbonyl (C=O) groups is 5. The van der Waals surface area contributed by atoms with Crippen molar-refractivity contribution in [2.45, 2.75) is 90.0 Å². The van der Waals surface area contributed by atoms with Crippen molar-refractivity contribution < 1.29 is 64.5 Å². The number of alkyl halides is 6. The molecule has 4 amide bonds. The third-order valence-corrected chi connectivity index (χ3v) is 4.87. The van der Waals surface area contributed by atoms with Gasteiger partial charge in [-0.1, -0.05) is 13.8 Å². The summed E-state index contributed by atoms with van der Waals surface area (Å²) in [5.41, 5.74) is -0.685. The van der Waals surface area contributed by atoms with Gasteiger partial charge in [-0.05, 0) is 46.0 Å². The number of hydrogen-bond donors (Lipinski definition) is 4. The topological polar surface area (TPSA) is 161 Å². The molecule has 4 N–H and O–H groups in total. The number of esters is 1. The molecular formula is C23H36F6N4O8. The normalized spacial score (nSPS) is 13.6. The summed E-state index contributed by atoms with van der Waals surface area (Å²) in [5.74, 6) is -3.41. The van der Waals surface area contributed by atoms with Gasteiger partial charge in [0, 0.05) is 6.54 Å². The van der Waals surface area contributed by atoms with Crippen molar-refractivity contribution in [2.75, 3.05) is 20.2 Å². The van der Waals surface area contributed by atoms with Gasteiger partial charge in [0.25, 0.3) is 6.10 Å². The van der Waals surface area contributed by atoms with Gasteiger partial charge in [0.2, 0.25) is 11.8 Å². The number of unbranched alkanes of at least 4 members (excludes halogenated alkanes) is 1. The predicted molar refractivity (Wildman–Crippen MR) is 129 cm³/mol. The van der Waals surface area contributed by atoms with E-state index in [0.717, 1.165) is 7.11 Å². The summed E-state index contributed by atoms with van der Waals surface area (Å²) in [6.45, 7) is 7.17. The molecule has 12 nitrogen and oxygen atoms in total. The van der Waals surface area contributed by atoms with Gasteiger partial charge in [-0.15, -0.1) is 0 Å². The zero-order valence-corrected chi connectivity index (χ0v) is 23.4. The fourth-order valence-electron chi connectivity index (χ4n) is 3.01. The number of amides is 4. The lowest BCUT2D eigenvalue weighted by molar-refractivity contribution is -0.306. The van der Waals surface area contributed by atoms with Crippen molar-refractivity contribution in [1.82, 2.24) is 21.3 Å². The van der Waals surface area contributed by atoms with Crippen LogP contribution in [0.25, 0.3) is 0 Å². The fraction of sp³-hybridized carbons (Fsp3) is 0.783. The number of alkyl carbamates (subject to hydrolysis) is 2. The number of hydrogen-bond acceptors (Lipinski definition) is 8. The standard InChI is InChI=1S/C23H36F6N4O8/c1-12(2)15(33-14(34)11-31-19(37)40-18(22(24,25)26)23(27,28)29)16(35)32-13(17(36)39-6)9-7-8-10-30-20(38)41-21(3,4)5/h12-13,15,18H,7-11H2,1-6H3,(H,30,38)(H,31,37)(H,32,35)(H,33,34)/t13-,15-/m0/s1. The lowest BCUT2D eigenvalue weighted by Crippen LogP contribution is -2.55. The molecule has 0 aromatic heterocycles. The van der Waals surface area contributed by atoms with Gasteiger partial charge in [0.05, 0.1) is 7.11 Å². The van der Waals surface area contributed by atoms with Crippen molar-refractivity contribution in [2.24, 2.45) is 5.92 Å². The van der Waals surface area contributed by atoms with Crippen LogP contribution >= 0.6 is 0 Å². The lowest BCUT2D eigenvalue weighted by Gasteiger charge is -2.25. The number of ether oxygens (including phenoxy) is 3. The largest absolute Gasteiger partial charge is 0.467 e. The third-order valence-electron chi connectivity index (χ3n) is 4.87. The van der Waals surface area contributed by atoms with E-state index < -0.39 is 78.6 Å². The molecule has 0 aromatic carbocycles. The molecule has 0 spiro atoms. The summed E-state index contributed by atoms with van der Waals surface area (Å²) < 4.78 is 88.2. The van der Waals surface area contributed by atoms with Crippen LogP contribution in [-0.4, -0.2) is 86.3 Å². The van der Waals surface area contributed by atoms with Crippen LogP contribution in [0.5, 0.6) is 0 Å². The Morgan fingerprint density at radius 3 is 1.83 bits per heavy atom. The van der Waals surface area contributed by atoms with Crippen LogP contribution in [0.15, 0.2) is 0 Å². The third kappa shape index (κ3) is 15.8. The molecule has 0 heterocycles. The number of carbonyl (C=O) groups excluding carboxylic acids is 5. The molecule has 0 saturated heterocycles. The van der Waals surface area contributed by atoms with E-state index in [4.69, 9.17) is 4.74 Å². The summed E-state index contributed by atoms with van der Waals surface area (Å²) in [6.07, 6.45) is -18.3. The van der Waals surface area contributed by atoms with E-state index in [0.29, 0.717) is 12.8 Å². The van der Waals surface area contributed by atoms with E-state index in [1.807, 2.05) is 0 Å². The molecule has 0 aliphatic carbocycles. The molecule has 0 saturated carbocycles. The van der Waals surface area contributed by atoms with Crippen molar-refractivity contribution >= 4 is 30.0 Å². The highest BCUT2D eigenvalue weighted by Gasteiger charge is 2.60. The zero-order chi connectivity index (χ0) is 32.2. The van der Waals surface area contributed by atoms with Gasteiger partial charge in [-0.3, -0.25) is 9.59 Å². The van der Waals surface area contributed by atoms with E-state index >= 15 is 0 Å². The first-order valence-electron chi connectivity index (χ1n) is 12.3. The lowest BCUT2D eigenvalue weighted by atomic mass is 10.0. The Morgan fingerprint density at radius 1 is 0.805 bits per heavy atom. The Labute approximate surface area is 232 Å². The Morgan fingerprint density at radius 2 is 1.37 bits per heavy atom. The summed E-state index contributed by atoms with van der Waals surface area (Å²) >= 11 is 0. The number of nitrogens with one attached hydrogen (secondary N) is 4. The van der Waals surface area contributed by atoms with E-state index in [1.54, 1.807) is 20.8 Å². The second-order valence-electron chi connectivity index (χ2n) is 10.0.